The molecule has 2 amide bonds. The number of carbonyl (C=O) groups is 2. The second-order valence-corrected chi connectivity index (χ2v) is 7.40. The van der Waals surface area contributed by atoms with Crippen molar-refractivity contribution in [3.05, 3.63) is 35.9 Å². The summed E-state index contributed by atoms with van der Waals surface area (Å²) in [5.41, 5.74) is 1.30. The van der Waals surface area contributed by atoms with Gasteiger partial charge in [0.15, 0.2) is 0 Å². The van der Waals surface area contributed by atoms with Crippen molar-refractivity contribution in [1.29, 1.82) is 0 Å². The van der Waals surface area contributed by atoms with Crippen LogP contribution in [0.3, 0.4) is 0 Å². The molecule has 1 aromatic rings. The summed E-state index contributed by atoms with van der Waals surface area (Å²) in [5, 5.41) is 0. The third-order valence-electron chi connectivity index (χ3n) is 5.65. The third-order valence-corrected chi connectivity index (χ3v) is 5.65. The van der Waals surface area contributed by atoms with E-state index in [-0.39, 0.29) is 17.7 Å². The Labute approximate surface area is 151 Å². The number of amides is 2. The van der Waals surface area contributed by atoms with Crippen LogP contribution in [-0.4, -0.2) is 47.3 Å². The highest BCUT2D eigenvalue weighted by Gasteiger charge is 2.34. The summed E-state index contributed by atoms with van der Waals surface area (Å²) in [7, 11) is 0. The molecule has 0 spiro atoms. The molecule has 136 valence electrons. The molecule has 2 saturated heterocycles. The zero-order valence-corrected chi connectivity index (χ0v) is 15.3. The quantitative estimate of drug-likeness (QED) is 0.843. The van der Waals surface area contributed by atoms with Gasteiger partial charge in [0, 0.05) is 32.1 Å². The van der Waals surface area contributed by atoms with Crippen LogP contribution in [0.5, 0.6) is 0 Å². The van der Waals surface area contributed by atoms with Gasteiger partial charge in [-0.15, -0.1) is 0 Å². The summed E-state index contributed by atoms with van der Waals surface area (Å²) in [6, 6.07) is 10.8. The van der Waals surface area contributed by atoms with Crippen molar-refractivity contribution in [2.75, 3.05) is 19.6 Å². The molecule has 3 rings (SSSR count). The minimum Gasteiger partial charge on any atom is -0.342 e. The molecule has 2 heterocycles. The molecule has 4 heteroatoms. The number of rotatable bonds is 4. The molecule has 0 bridgehead atoms. The number of carbonyl (C=O) groups excluding carboxylic acids is 2. The SMILES string of the molecule is CCC(=O)N1CCC[C@H](C(=O)N2CCCC[C@H]2Cc2ccccc2)C1. The first-order valence-electron chi connectivity index (χ1n) is 9.81. The molecule has 0 aliphatic carbocycles. The largest absolute Gasteiger partial charge is 0.342 e. The van der Waals surface area contributed by atoms with Crippen molar-refractivity contribution < 1.29 is 9.59 Å². The molecular weight excluding hydrogens is 312 g/mol. The summed E-state index contributed by atoms with van der Waals surface area (Å²) in [6.45, 7) is 4.19. The Morgan fingerprint density at radius 1 is 1.04 bits per heavy atom. The molecule has 0 saturated carbocycles. The molecule has 2 aliphatic rings. The molecule has 1 aromatic carbocycles. The van der Waals surface area contributed by atoms with Gasteiger partial charge in [-0.1, -0.05) is 37.3 Å². The summed E-state index contributed by atoms with van der Waals surface area (Å²) in [4.78, 5) is 29.2. The van der Waals surface area contributed by atoms with Crippen molar-refractivity contribution in [2.45, 2.75) is 57.9 Å². The van der Waals surface area contributed by atoms with Crippen LogP contribution in [0, 0.1) is 5.92 Å². The van der Waals surface area contributed by atoms with Crippen molar-refractivity contribution in [3.8, 4) is 0 Å². The molecule has 25 heavy (non-hydrogen) atoms. The summed E-state index contributed by atoms with van der Waals surface area (Å²) in [5.74, 6) is 0.437. The van der Waals surface area contributed by atoms with E-state index in [4.69, 9.17) is 0 Å². The van der Waals surface area contributed by atoms with Crippen molar-refractivity contribution >= 4 is 11.8 Å². The van der Waals surface area contributed by atoms with E-state index in [2.05, 4.69) is 29.2 Å². The van der Waals surface area contributed by atoms with E-state index in [1.165, 1.54) is 12.0 Å². The lowest BCUT2D eigenvalue weighted by Gasteiger charge is -2.40. The van der Waals surface area contributed by atoms with E-state index in [0.29, 0.717) is 19.0 Å². The van der Waals surface area contributed by atoms with Crippen LogP contribution in [0.25, 0.3) is 0 Å². The molecule has 0 N–H and O–H groups in total. The van der Waals surface area contributed by atoms with Gasteiger partial charge >= 0.3 is 0 Å². The normalized spacial score (nSPS) is 24.2. The zero-order valence-electron chi connectivity index (χ0n) is 15.3. The van der Waals surface area contributed by atoms with Gasteiger partial charge in [-0.25, -0.2) is 0 Å². The first-order valence-corrected chi connectivity index (χ1v) is 9.81. The monoisotopic (exact) mass is 342 g/mol. The van der Waals surface area contributed by atoms with Crippen LogP contribution >= 0.6 is 0 Å². The standard InChI is InChI=1S/C21H30N2O2/c1-2-20(24)22-13-8-11-18(16-22)21(25)23-14-7-6-12-19(23)15-17-9-4-3-5-10-17/h3-5,9-10,18-19H,2,6-8,11-16H2,1H3/t18-,19-/m0/s1. The minimum absolute atomic E-state index is 0.0133. The second-order valence-electron chi connectivity index (χ2n) is 7.40. The average molecular weight is 342 g/mol. The Hall–Kier alpha value is -1.84. The van der Waals surface area contributed by atoms with Crippen molar-refractivity contribution in [2.24, 2.45) is 5.92 Å². The summed E-state index contributed by atoms with van der Waals surface area (Å²) < 4.78 is 0. The van der Waals surface area contributed by atoms with Gasteiger partial charge in [0.05, 0.1) is 5.92 Å². The molecule has 4 nitrogen and oxygen atoms in total. The maximum Gasteiger partial charge on any atom is 0.227 e. The van der Waals surface area contributed by atoms with Gasteiger partial charge < -0.3 is 9.80 Å². The van der Waals surface area contributed by atoms with E-state index in [1.807, 2.05) is 17.9 Å². The van der Waals surface area contributed by atoms with Crippen LogP contribution in [0.2, 0.25) is 0 Å². The van der Waals surface area contributed by atoms with E-state index in [9.17, 15) is 9.59 Å². The molecule has 2 atom stereocenters. The smallest absolute Gasteiger partial charge is 0.227 e. The number of likely N-dealkylation sites (tertiary alicyclic amines) is 2. The van der Waals surface area contributed by atoms with Gasteiger partial charge in [0.2, 0.25) is 11.8 Å². The highest BCUT2D eigenvalue weighted by molar-refractivity contribution is 5.81. The zero-order chi connectivity index (χ0) is 17.6. The number of benzene rings is 1. The molecule has 0 unspecified atom stereocenters. The number of hydrogen-bond acceptors (Lipinski definition) is 2. The van der Waals surface area contributed by atoms with Crippen LogP contribution in [0.1, 0.15) is 51.0 Å². The van der Waals surface area contributed by atoms with Gasteiger partial charge in [0.25, 0.3) is 0 Å². The number of hydrogen-bond donors (Lipinski definition) is 0. The van der Waals surface area contributed by atoms with E-state index < -0.39 is 0 Å². The fourth-order valence-electron chi connectivity index (χ4n) is 4.25. The van der Waals surface area contributed by atoms with E-state index in [1.54, 1.807) is 0 Å². The van der Waals surface area contributed by atoms with Gasteiger partial charge in [-0.2, -0.15) is 0 Å². The summed E-state index contributed by atoms with van der Waals surface area (Å²) >= 11 is 0. The highest BCUT2D eigenvalue weighted by Crippen LogP contribution is 2.26. The lowest BCUT2D eigenvalue weighted by atomic mass is 9.91. The average Bonchev–Trinajstić information content (AvgIpc) is 2.68. The van der Waals surface area contributed by atoms with Crippen LogP contribution in [0.15, 0.2) is 30.3 Å². The van der Waals surface area contributed by atoms with Gasteiger partial charge in [-0.05, 0) is 44.1 Å². The molecule has 0 radical (unpaired) electrons. The predicted molar refractivity (Wildman–Crippen MR) is 99.1 cm³/mol. The first-order chi connectivity index (χ1) is 12.2. The molecule has 2 aliphatic heterocycles. The Morgan fingerprint density at radius 2 is 1.84 bits per heavy atom. The van der Waals surface area contributed by atoms with Gasteiger partial charge in [0.1, 0.15) is 0 Å². The second kappa shape index (κ2) is 8.50. The summed E-state index contributed by atoms with van der Waals surface area (Å²) in [6.07, 6.45) is 6.72. The first kappa shape index (κ1) is 18.0. The topological polar surface area (TPSA) is 40.6 Å². The Kier molecular flexibility index (Phi) is 6.11. The maximum atomic E-state index is 13.2. The maximum absolute atomic E-state index is 13.2. The Bertz CT molecular complexity index is 587. The van der Waals surface area contributed by atoms with Crippen molar-refractivity contribution in [3.63, 3.8) is 0 Å². The number of piperidine rings is 2. The minimum atomic E-state index is -0.0133. The molecule has 2 fully saturated rings. The fraction of sp³-hybridized carbons (Fsp3) is 0.619. The predicted octanol–water partition coefficient (Wildman–Crippen LogP) is 3.26. The lowest BCUT2D eigenvalue weighted by Crippen LogP contribution is -2.51. The van der Waals surface area contributed by atoms with Crippen LogP contribution < -0.4 is 0 Å². The number of nitrogens with zero attached hydrogens (tertiary/aromatic N) is 2. The van der Waals surface area contributed by atoms with E-state index >= 15 is 0 Å². The lowest BCUT2D eigenvalue weighted by molar-refractivity contribution is -0.143. The Balaban J connectivity index is 1.67. The Morgan fingerprint density at radius 3 is 2.60 bits per heavy atom. The van der Waals surface area contributed by atoms with Crippen LogP contribution in [0.4, 0.5) is 0 Å². The van der Waals surface area contributed by atoms with E-state index in [0.717, 1.165) is 45.2 Å². The van der Waals surface area contributed by atoms with Crippen molar-refractivity contribution in [1.82, 2.24) is 9.80 Å². The molecular formula is C21H30N2O2. The third kappa shape index (κ3) is 4.42. The van der Waals surface area contributed by atoms with Crippen LogP contribution in [-0.2, 0) is 16.0 Å². The highest BCUT2D eigenvalue weighted by atomic mass is 16.2. The van der Waals surface area contributed by atoms with Gasteiger partial charge in [-0.3, -0.25) is 9.59 Å². The fourth-order valence-corrected chi connectivity index (χ4v) is 4.25. The molecule has 0 aromatic heterocycles.